The van der Waals surface area contributed by atoms with Crippen LogP contribution in [0, 0.1) is 0 Å². The fourth-order valence-electron chi connectivity index (χ4n) is 4.01. The minimum atomic E-state index is -0.277. The number of unbranched alkanes of at least 4 members (excludes halogenated alkanes) is 1. The standard InChI is InChI=1S/C22H26N4OS/c1-5-7-12-25-20-23-18-16-11-9-8-10-15(16)14-22(3,4)17(18)19(27)26(20)21(24-25)28-13-6-2/h6,8-11H,2,5,7,12-14H2,1,3-4H3. The summed E-state index contributed by atoms with van der Waals surface area (Å²) in [4.78, 5) is 18.7. The number of benzene rings is 1. The van der Waals surface area contributed by atoms with Crippen molar-refractivity contribution in [2.45, 2.75) is 57.1 Å². The van der Waals surface area contributed by atoms with E-state index in [9.17, 15) is 4.79 Å². The minimum absolute atomic E-state index is 0.00816. The molecule has 2 heterocycles. The number of hydrogen-bond acceptors (Lipinski definition) is 4. The summed E-state index contributed by atoms with van der Waals surface area (Å²) in [5.74, 6) is 1.34. The van der Waals surface area contributed by atoms with Gasteiger partial charge in [-0.25, -0.2) is 14.1 Å². The van der Waals surface area contributed by atoms with Crippen LogP contribution >= 0.6 is 11.8 Å². The summed E-state index contributed by atoms with van der Waals surface area (Å²) in [6.45, 7) is 11.0. The van der Waals surface area contributed by atoms with Gasteiger partial charge in [-0.2, -0.15) is 0 Å². The highest BCUT2D eigenvalue weighted by atomic mass is 32.2. The van der Waals surface area contributed by atoms with Gasteiger partial charge >= 0.3 is 0 Å². The molecule has 0 aliphatic heterocycles. The van der Waals surface area contributed by atoms with Crippen LogP contribution in [0.15, 0.2) is 46.9 Å². The Morgan fingerprint density at radius 3 is 2.86 bits per heavy atom. The molecule has 0 fully saturated rings. The summed E-state index contributed by atoms with van der Waals surface area (Å²) in [6.07, 6.45) is 4.72. The number of fused-ring (bicyclic) bond motifs is 4. The molecule has 0 saturated carbocycles. The lowest BCUT2D eigenvalue weighted by Crippen LogP contribution is -2.36. The van der Waals surface area contributed by atoms with Gasteiger partial charge in [0.05, 0.1) is 11.3 Å². The molecule has 146 valence electrons. The van der Waals surface area contributed by atoms with Crippen LogP contribution in [0.1, 0.15) is 44.7 Å². The Hall–Kier alpha value is -2.34. The largest absolute Gasteiger partial charge is 0.268 e. The topological polar surface area (TPSA) is 52.2 Å². The van der Waals surface area contributed by atoms with Gasteiger partial charge in [-0.05, 0) is 18.4 Å². The molecule has 1 aliphatic carbocycles. The molecule has 0 unspecified atom stereocenters. The molecule has 6 heteroatoms. The van der Waals surface area contributed by atoms with Gasteiger partial charge in [-0.1, -0.05) is 69.3 Å². The van der Waals surface area contributed by atoms with Gasteiger partial charge in [-0.15, -0.1) is 11.7 Å². The lowest BCUT2D eigenvalue weighted by Gasteiger charge is -2.32. The smallest absolute Gasteiger partial charge is 0.265 e. The van der Waals surface area contributed by atoms with Crippen LogP contribution in [-0.4, -0.2) is 24.9 Å². The van der Waals surface area contributed by atoms with Crippen molar-refractivity contribution < 1.29 is 0 Å². The Morgan fingerprint density at radius 1 is 1.32 bits per heavy atom. The van der Waals surface area contributed by atoms with E-state index in [0.717, 1.165) is 42.6 Å². The molecular formula is C22H26N4OS. The molecule has 0 amide bonds. The first-order chi connectivity index (χ1) is 13.5. The molecule has 3 aromatic rings. The number of nitrogens with zero attached hydrogens (tertiary/aromatic N) is 4. The van der Waals surface area contributed by atoms with Crippen molar-refractivity contribution >= 4 is 17.5 Å². The highest BCUT2D eigenvalue weighted by Gasteiger charge is 2.36. The average Bonchev–Trinajstić information content (AvgIpc) is 3.02. The summed E-state index contributed by atoms with van der Waals surface area (Å²) in [5, 5.41) is 5.43. The quantitative estimate of drug-likeness (QED) is 0.457. The lowest BCUT2D eigenvalue weighted by atomic mass is 9.72. The number of aromatic nitrogens is 4. The second-order valence-corrected chi connectivity index (χ2v) is 8.94. The molecule has 0 spiro atoms. The van der Waals surface area contributed by atoms with E-state index in [1.807, 2.05) is 16.8 Å². The van der Waals surface area contributed by atoms with Crippen molar-refractivity contribution in [3.63, 3.8) is 0 Å². The molecule has 1 aliphatic rings. The molecule has 0 radical (unpaired) electrons. The van der Waals surface area contributed by atoms with Crippen molar-refractivity contribution in [3.05, 3.63) is 58.4 Å². The van der Waals surface area contributed by atoms with E-state index in [-0.39, 0.29) is 11.0 Å². The molecule has 2 aromatic heterocycles. The summed E-state index contributed by atoms with van der Waals surface area (Å²) in [7, 11) is 0. The summed E-state index contributed by atoms with van der Waals surface area (Å²) in [5.41, 5.74) is 3.65. The molecule has 0 atom stereocenters. The van der Waals surface area contributed by atoms with Crippen LogP contribution in [0.2, 0.25) is 0 Å². The fraction of sp³-hybridized carbons (Fsp3) is 0.409. The molecule has 28 heavy (non-hydrogen) atoms. The third-order valence-corrected chi connectivity index (χ3v) is 6.25. The van der Waals surface area contributed by atoms with E-state index in [4.69, 9.17) is 10.1 Å². The molecule has 0 saturated heterocycles. The Morgan fingerprint density at radius 2 is 2.11 bits per heavy atom. The van der Waals surface area contributed by atoms with Gasteiger partial charge in [0.25, 0.3) is 5.56 Å². The van der Waals surface area contributed by atoms with Gasteiger partial charge in [0.15, 0.2) is 5.16 Å². The third-order valence-electron chi connectivity index (χ3n) is 5.33. The van der Waals surface area contributed by atoms with Crippen LogP contribution in [-0.2, 0) is 18.4 Å². The Kier molecular flexibility index (Phi) is 4.91. The first-order valence-corrected chi connectivity index (χ1v) is 10.8. The molecule has 5 nitrogen and oxygen atoms in total. The van der Waals surface area contributed by atoms with E-state index in [1.165, 1.54) is 17.3 Å². The lowest BCUT2D eigenvalue weighted by molar-refractivity contribution is 0.505. The highest BCUT2D eigenvalue weighted by Crippen LogP contribution is 2.40. The van der Waals surface area contributed by atoms with Crippen LogP contribution in [0.4, 0.5) is 0 Å². The van der Waals surface area contributed by atoms with Crippen molar-refractivity contribution in [1.82, 2.24) is 19.2 Å². The first-order valence-electron chi connectivity index (χ1n) is 9.84. The average molecular weight is 395 g/mol. The van der Waals surface area contributed by atoms with Gasteiger partial charge in [0.1, 0.15) is 0 Å². The fourth-order valence-corrected chi connectivity index (χ4v) is 4.72. The van der Waals surface area contributed by atoms with Crippen LogP contribution in [0.25, 0.3) is 17.0 Å². The zero-order chi connectivity index (χ0) is 19.9. The second kappa shape index (κ2) is 7.24. The van der Waals surface area contributed by atoms with Crippen molar-refractivity contribution in [2.75, 3.05) is 5.75 Å². The van der Waals surface area contributed by atoms with Gasteiger partial charge in [0.2, 0.25) is 5.78 Å². The third kappa shape index (κ3) is 3.00. The summed E-state index contributed by atoms with van der Waals surface area (Å²) < 4.78 is 3.60. The number of rotatable bonds is 6. The van der Waals surface area contributed by atoms with Crippen LogP contribution in [0.3, 0.4) is 0 Å². The SMILES string of the molecule is C=CCSc1nn(CCCC)c2nc3c(c(=O)n12)C(C)(C)Cc1ccccc1-3. The zero-order valence-electron chi connectivity index (χ0n) is 16.7. The maximum Gasteiger partial charge on any atom is 0.265 e. The highest BCUT2D eigenvalue weighted by molar-refractivity contribution is 7.99. The monoisotopic (exact) mass is 394 g/mol. The Bertz CT molecular complexity index is 1110. The Balaban J connectivity index is 2.04. The van der Waals surface area contributed by atoms with Crippen molar-refractivity contribution in [3.8, 4) is 11.3 Å². The summed E-state index contributed by atoms with van der Waals surface area (Å²) in [6, 6.07) is 8.29. The zero-order valence-corrected chi connectivity index (χ0v) is 17.6. The Labute approximate surface area is 169 Å². The summed E-state index contributed by atoms with van der Waals surface area (Å²) >= 11 is 1.53. The van der Waals surface area contributed by atoms with Crippen LogP contribution in [0.5, 0.6) is 0 Å². The van der Waals surface area contributed by atoms with E-state index in [1.54, 1.807) is 4.40 Å². The number of thioether (sulfide) groups is 1. The maximum atomic E-state index is 13.7. The predicted molar refractivity (Wildman–Crippen MR) is 115 cm³/mol. The van der Waals surface area contributed by atoms with Gasteiger partial charge in [0, 0.05) is 23.3 Å². The first kappa shape index (κ1) is 19.0. The number of hydrogen-bond donors (Lipinski definition) is 0. The normalized spacial score (nSPS) is 14.7. The van der Waals surface area contributed by atoms with E-state index >= 15 is 0 Å². The van der Waals surface area contributed by atoms with Gasteiger partial charge in [-0.3, -0.25) is 4.79 Å². The van der Waals surface area contributed by atoms with E-state index in [0.29, 0.717) is 16.7 Å². The van der Waals surface area contributed by atoms with Gasteiger partial charge < -0.3 is 0 Å². The minimum Gasteiger partial charge on any atom is -0.268 e. The van der Waals surface area contributed by atoms with E-state index < -0.39 is 0 Å². The molecular weight excluding hydrogens is 368 g/mol. The molecule has 1 aromatic carbocycles. The van der Waals surface area contributed by atoms with Crippen molar-refractivity contribution in [2.24, 2.45) is 0 Å². The molecule has 4 rings (SSSR count). The number of aryl methyl sites for hydroxylation is 1. The van der Waals surface area contributed by atoms with Crippen molar-refractivity contribution in [1.29, 1.82) is 0 Å². The van der Waals surface area contributed by atoms with E-state index in [2.05, 4.69) is 45.5 Å². The molecule has 0 bridgehead atoms. The second-order valence-electron chi connectivity index (χ2n) is 7.95. The predicted octanol–water partition coefficient (Wildman–Crippen LogP) is 4.47. The maximum absolute atomic E-state index is 13.7. The van der Waals surface area contributed by atoms with Crippen LogP contribution < -0.4 is 5.56 Å². The molecule has 0 N–H and O–H groups in total.